The molecule has 28 heavy (non-hydrogen) atoms. The number of aromatic hydroxyl groups is 1. The van der Waals surface area contributed by atoms with Gasteiger partial charge in [-0.15, -0.1) is 0 Å². The second-order valence-corrected chi connectivity index (χ2v) is 9.50. The number of halogens is 2. The lowest BCUT2D eigenvalue weighted by Crippen LogP contribution is -2.13. The van der Waals surface area contributed by atoms with Gasteiger partial charge in [-0.2, -0.15) is 0 Å². The average Bonchev–Trinajstić information content (AvgIpc) is 2.60. The van der Waals surface area contributed by atoms with E-state index in [0.29, 0.717) is 17.0 Å². The van der Waals surface area contributed by atoms with Crippen molar-refractivity contribution in [3.05, 3.63) is 52.4 Å². The Morgan fingerprint density at radius 2 is 1.82 bits per heavy atom. The molecule has 0 fully saturated rings. The van der Waals surface area contributed by atoms with Crippen molar-refractivity contribution in [1.82, 2.24) is 4.98 Å². The Morgan fingerprint density at radius 1 is 1.14 bits per heavy atom. The Labute approximate surface area is 173 Å². The first-order valence-corrected chi connectivity index (χ1v) is 10.2. The molecule has 0 unspecified atom stereocenters. The van der Waals surface area contributed by atoms with Gasteiger partial charge in [0, 0.05) is 11.1 Å². The van der Waals surface area contributed by atoms with Crippen LogP contribution in [0.2, 0.25) is 5.02 Å². The predicted octanol–water partition coefficient (Wildman–Crippen LogP) is 7.77. The molecular formula is C24H31ClFNO. The van der Waals surface area contributed by atoms with E-state index in [1.54, 1.807) is 6.07 Å². The van der Waals surface area contributed by atoms with Crippen molar-refractivity contribution in [1.29, 1.82) is 0 Å². The van der Waals surface area contributed by atoms with E-state index >= 15 is 0 Å². The lowest BCUT2D eigenvalue weighted by atomic mass is 9.84. The number of allylic oxidation sites excluding steroid dienone is 1. The summed E-state index contributed by atoms with van der Waals surface area (Å²) in [6.45, 7) is 12.6. The van der Waals surface area contributed by atoms with E-state index in [0.717, 1.165) is 24.8 Å². The highest BCUT2D eigenvalue weighted by atomic mass is 35.5. The zero-order valence-corrected chi connectivity index (χ0v) is 18.5. The average molecular weight is 404 g/mol. The van der Waals surface area contributed by atoms with Gasteiger partial charge in [0.05, 0.1) is 10.7 Å². The van der Waals surface area contributed by atoms with Gasteiger partial charge in [-0.05, 0) is 41.5 Å². The van der Waals surface area contributed by atoms with Crippen LogP contribution < -0.4 is 0 Å². The standard InChI is InChI=1S/C24H31ClFNO/c1-7-8-12-24(5,6)13-11-20-22(28)17(23(2,3)4)15-21(27-20)16-9-10-18(25)19(26)14-16/h9-11,13-15,28H,7-8,12H2,1-6H3/b13-11+. The van der Waals surface area contributed by atoms with Crippen molar-refractivity contribution < 1.29 is 9.50 Å². The van der Waals surface area contributed by atoms with Crippen LogP contribution in [0.3, 0.4) is 0 Å². The third-order valence-corrected chi connectivity index (χ3v) is 5.22. The minimum Gasteiger partial charge on any atom is -0.505 e. The smallest absolute Gasteiger partial charge is 0.144 e. The van der Waals surface area contributed by atoms with Crippen molar-refractivity contribution >= 4 is 17.7 Å². The van der Waals surface area contributed by atoms with E-state index < -0.39 is 5.82 Å². The zero-order valence-electron chi connectivity index (χ0n) is 17.7. The maximum absolute atomic E-state index is 14.0. The highest BCUT2D eigenvalue weighted by Crippen LogP contribution is 2.37. The lowest BCUT2D eigenvalue weighted by molar-refractivity contribution is 0.420. The molecule has 1 aromatic carbocycles. The molecule has 152 valence electrons. The summed E-state index contributed by atoms with van der Waals surface area (Å²) in [6.07, 6.45) is 7.34. The molecule has 0 aliphatic carbocycles. The van der Waals surface area contributed by atoms with Crippen LogP contribution in [-0.2, 0) is 5.41 Å². The zero-order chi connectivity index (χ0) is 21.1. The lowest BCUT2D eigenvalue weighted by Gasteiger charge is -2.23. The van der Waals surface area contributed by atoms with Crippen LogP contribution in [0, 0.1) is 11.2 Å². The Balaban J connectivity index is 2.57. The molecule has 0 amide bonds. The van der Waals surface area contributed by atoms with Crippen LogP contribution in [0.5, 0.6) is 5.75 Å². The van der Waals surface area contributed by atoms with E-state index in [9.17, 15) is 9.50 Å². The van der Waals surface area contributed by atoms with Gasteiger partial charge in [-0.3, -0.25) is 0 Å². The van der Waals surface area contributed by atoms with Gasteiger partial charge < -0.3 is 5.11 Å². The summed E-state index contributed by atoms with van der Waals surface area (Å²) in [5, 5.41) is 10.9. The summed E-state index contributed by atoms with van der Waals surface area (Å²) in [5.74, 6) is -0.308. The summed E-state index contributed by atoms with van der Waals surface area (Å²) >= 11 is 5.82. The van der Waals surface area contributed by atoms with Gasteiger partial charge in [0.2, 0.25) is 0 Å². The minimum atomic E-state index is -0.482. The van der Waals surface area contributed by atoms with E-state index in [4.69, 9.17) is 11.6 Å². The molecule has 4 heteroatoms. The first-order valence-electron chi connectivity index (χ1n) is 9.84. The summed E-state index contributed by atoms with van der Waals surface area (Å²) in [5.41, 5.74) is 2.25. The third kappa shape index (κ3) is 5.57. The molecule has 1 aromatic heterocycles. The van der Waals surface area contributed by atoms with E-state index in [2.05, 4.69) is 31.8 Å². The first-order chi connectivity index (χ1) is 12.9. The number of rotatable bonds is 6. The highest BCUT2D eigenvalue weighted by molar-refractivity contribution is 6.30. The molecule has 0 aliphatic rings. The number of unbranched alkanes of at least 4 members (excludes halogenated alkanes) is 1. The fourth-order valence-corrected chi connectivity index (χ4v) is 3.19. The van der Waals surface area contributed by atoms with Gasteiger partial charge in [0.1, 0.15) is 17.3 Å². The first kappa shape index (κ1) is 22.4. The molecule has 2 aromatic rings. The largest absolute Gasteiger partial charge is 0.505 e. The van der Waals surface area contributed by atoms with Crippen molar-refractivity contribution in [2.45, 2.75) is 66.2 Å². The van der Waals surface area contributed by atoms with Crippen molar-refractivity contribution in [2.75, 3.05) is 0 Å². The van der Waals surface area contributed by atoms with Crippen molar-refractivity contribution in [3.63, 3.8) is 0 Å². The molecule has 1 N–H and O–H groups in total. The molecule has 0 aliphatic heterocycles. The molecule has 0 saturated carbocycles. The Morgan fingerprint density at radius 3 is 2.39 bits per heavy atom. The van der Waals surface area contributed by atoms with E-state index in [1.807, 2.05) is 32.9 Å². The van der Waals surface area contributed by atoms with Crippen LogP contribution >= 0.6 is 11.6 Å². The number of benzene rings is 1. The van der Waals surface area contributed by atoms with E-state index in [-0.39, 0.29) is 21.6 Å². The number of hydrogen-bond donors (Lipinski definition) is 1. The highest BCUT2D eigenvalue weighted by Gasteiger charge is 2.23. The van der Waals surface area contributed by atoms with Gasteiger partial charge in [0.15, 0.2) is 0 Å². The number of pyridine rings is 1. The van der Waals surface area contributed by atoms with Crippen LogP contribution in [0.4, 0.5) is 4.39 Å². The van der Waals surface area contributed by atoms with Crippen LogP contribution in [0.1, 0.15) is 72.1 Å². The predicted molar refractivity (Wildman–Crippen MR) is 117 cm³/mol. The number of aromatic nitrogens is 1. The number of hydrogen-bond acceptors (Lipinski definition) is 2. The topological polar surface area (TPSA) is 33.1 Å². The maximum Gasteiger partial charge on any atom is 0.144 e. The minimum absolute atomic E-state index is 0.00834. The van der Waals surface area contributed by atoms with E-state index in [1.165, 1.54) is 12.1 Å². The Hall–Kier alpha value is -1.87. The quantitative estimate of drug-likeness (QED) is 0.534. The molecule has 0 spiro atoms. The summed E-state index contributed by atoms with van der Waals surface area (Å²) in [7, 11) is 0. The third-order valence-electron chi connectivity index (χ3n) is 4.91. The second-order valence-electron chi connectivity index (χ2n) is 9.09. The molecule has 0 saturated heterocycles. The van der Waals surface area contributed by atoms with Gasteiger partial charge in [0.25, 0.3) is 0 Å². The fraction of sp³-hybridized carbons (Fsp3) is 0.458. The SMILES string of the molecule is CCCCC(C)(C)/C=C/c1nc(-c2ccc(Cl)c(F)c2)cc(C(C)(C)C)c1O. The molecular weight excluding hydrogens is 373 g/mol. The van der Waals surface area contributed by atoms with Crippen LogP contribution in [-0.4, -0.2) is 10.1 Å². The summed E-state index contributed by atoms with van der Waals surface area (Å²) in [6, 6.07) is 6.49. The van der Waals surface area contributed by atoms with Gasteiger partial charge in [-0.1, -0.05) is 78.1 Å². The molecule has 2 rings (SSSR count). The van der Waals surface area contributed by atoms with Crippen molar-refractivity contribution in [2.24, 2.45) is 5.41 Å². The van der Waals surface area contributed by atoms with Crippen LogP contribution in [0.15, 0.2) is 30.3 Å². The molecule has 0 atom stereocenters. The molecule has 0 radical (unpaired) electrons. The number of nitrogens with zero attached hydrogens (tertiary/aromatic N) is 1. The Bertz CT molecular complexity index is 866. The monoisotopic (exact) mass is 403 g/mol. The molecule has 2 nitrogen and oxygen atoms in total. The normalized spacial score (nSPS) is 12.7. The fourth-order valence-electron chi connectivity index (χ4n) is 3.07. The molecule has 1 heterocycles. The van der Waals surface area contributed by atoms with Gasteiger partial charge in [-0.25, -0.2) is 9.37 Å². The summed E-state index contributed by atoms with van der Waals surface area (Å²) in [4.78, 5) is 4.62. The van der Waals surface area contributed by atoms with Crippen molar-refractivity contribution in [3.8, 4) is 17.0 Å². The second kappa shape index (κ2) is 8.65. The Kier molecular flexibility index (Phi) is 6.93. The maximum atomic E-state index is 14.0. The summed E-state index contributed by atoms with van der Waals surface area (Å²) < 4.78 is 14.0. The van der Waals surface area contributed by atoms with Gasteiger partial charge >= 0.3 is 0 Å². The molecule has 0 bridgehead atoms. The van der Waals surface area contributed by atoms with Crippen LogP contribution in [0.25, 0.3) is 17.3 Å².